The molecule has 0 aromatic carbocycles. The molecule has 6 heteroatoms. The topological polar surface area (TPSA) is 109 Å². The Hall–Kier alpha value is -0.980. The fraction of sp³-hybridized carbons (Fsp3) is 0.688. The van der Waals surface area contributed by atoms with Crippen LogP contribution in [0.15, 0.2) is 12.2 Å². The first-order valence-electron chi connectivity index (χ1n) is 7.49. The molecule has 1 fully saturated rings. The predicted octanol–water partition coefficient (Wildman–Crippen LogP) is 2.11. The highest BCUT2D eigenvalue weighted by Gasteiger charge is 2.28. The fourth-order valence-electron chi connectivity index (χ4n) is 1.97. The third-order valence-corrected chi connectivity index (χ3v) is 4.48. The number of hydrogen-bond acceptors (Lipinski definition) is 5. The lowest BCUT2D eigenvalue weighted by Gasteiger charge is -2.12. The molecule has 4 N–H and O–H groups in total. The molecule has 0 saturated heterocycles. The van der Waals surface area contributed by atoms with Crippen LogP contribution in [-0.4, -0.2) is 39.9 Å². The van der Waals surface area contributed by atoms with Crippen LogP contribution in [-0.2, 0) is 14.4 Å². The van der Waals surface area contributed by atoms with Crippen molar-refractivity contribution in [1.82, 2.24) is 0 Å². The van der Waals surface area contributed by atoms with Gasteiger partial charge in [0.2, 0.25) is 0 Å². The van der Waals surface area contributed by atoms with Crippen LogP contribution in [0.3, 0.4) is 0 Å². The van der Waals surface area contributed by atoms with Crippen molar-refractivity contribution < 1.29 is 21.3 Å². The SMILES string of the molecule is C=C1CC(=O)C(SC[C@H](N)C(=O)CCCC(C)=O)C1.CC.O.[HH]. The highest BCUT2D eigenvalue weighted by atomic mass is 32.2. The van der Waals surface area contributed by atoms with Gasteiger partial charge in [-0.15, -0.1) is 11.8 Å². The van der Waals surface area contributed by atoms with Gasteiger partial charge in [0.15, 0.2) is 0 Å². The zero-order valence-electron chi connectivity index (χ0n) is 13.8. The summed E-state index contributed by atoms with van der Waals surface area (Å²) in [5, 5.41) is -0.0800. The molecule has 0 spiro atoms. The molecule has 0 radical (unpaired) electrons. The van der Waals surface area contributed by atoms with Crippen LogP contribution in [0.25, 0.3) is 0 Å². The molecule has 1 aliphatic rings. The summed E-state index contributed by atoms with van der Waals surface area (Å²) in [6.45, 7) is 9.32. The zero-order chi connectivity index (χ0) is 16.4. The Labute approximate surface area is 138 Å². The molecular weight excluding hydrogens is 302 g/mol. The molecule has 130 valence electrons. The van der Waals surface area contributed by atoms with Gasteiger partial charge in [-0.25, -0.2) is 0 Å². The highest BCUT2D eigenvalue weighted by molar-refractivity contribution is 8.00. The Kier molecular flexibility index (Phi) is 13.3. The van der Waals surface area contributed by atoms with E-state index in [1.54, 1.807) is 0 Å². The minimum Gasteiger partial charge on any atom is -0.412 e. The Morgan fingerprint density at radius 2 is 2.00 bits per heavy atom. The molecule has 0 bridgehead atoms. The van der Waals surface area contributed by atoms with Gasteiger partial charge in [0.25, 0.3) is 0 Å². The minimum absolute atomic E-state index is 0. The van der Waals surface area contributed by atoms with Gasteiger partial charge in [-0.3, -0.25) is 9.59 Å². The van der Waals surface area contributed by atoms with Gasteiger partial charge in [-0.05, 0) is 19.8 Å². The first-order valence-corrected chi connectivity index (χ1v) is 8.53. The van der Waals surface area contributed by atoms with Crippen molar-refractivity contribution in [2.75, 3.05) is 5.75 Å². The van der Waals surface area contributed by atoms with Crippen molar-refractivity contribution >= 4 is 29.1 Å². The smallest absolute Gasteiger partial charge is 0.150 e. The van der Waals surface area contributed by atoms with Crippen LogP contribution in [0.5, 0.6) is 0 Å². The lowest BCUT2D eigenvalue weighted by molar-refractivity contribution is -0.120. The fourth-order valence-corrected chi connectivity index (χ4v) is 3.22. The third kappa shape index (κ3) is 9.12. The summed E-state index contributed by atoms with van der Waals surface area (Å²) >= 11 is 1.45. The van der Waals surface area contributed by atoms with Gasteiger partial charge in [-0.1, -0.05) is 26.0 Å². The van der Waals surface area contributed by atoms with Gasteiger partial charge in [0, 0.05) is 26.4 Å². The Bertz CT molecular complexity index is 402. The van der Waals surface area contributed by atoms with E-state index in [1.807, 2.05) is 13.8 Å². The molecule has 1 rings (SSSR count). The van der Waals surface area contributed by atoms with Crippen LogP contribution in [0.1, 0.15) is 54.3 Å². The monoisotopic (exact) mass is 333 g/mol. The first-order chi connectivity index (χ1) is 9.90. The summed E-state index contributed by atoms with van der Waals surface area (Å²) < 4.78 is 0. The summed E-state index contributed by atoms with van der Waals surface area (Å²) in [7, 11) is 0. The molecule has 0 aromatic rings. The van der Waals surface area contributed by atoms with Gasteiger partial charge in [-0.2, -0.15) is 0 Å². The summed E-state index contributed by atoms with van der Waals surface area (Å²) in [5.41, 5.74) is 6.77. The second-order valence-corrected chi connectivity index (χ2v) is 6.28. The summed E-state index contributed by atoms with van der Waals surface area (Å²) in [5.74, 6) is 0.706. The van der Waals surface area contributed by atoms with Crippen LogP contribution in [0, 0.1) is 0 Å². The van der Waals surface area contributed by atoms with Crippen LogP contribution in [0.4, 0.5) is 0 Å². The van der Waals surface area contributed by atoms with E-state index in [4.69, 9.17) is 5.73 Å². The predicted molar refractivity (Wildman–Crippen MR) is 94.2 cm³/mol. The molecule has 1 saturated carbocycles. The van der Waals surface area contributed by atoms with Crippen molar-refractivity contribution in [3.8, 4) is 0 Å². The van der Waals surface area contributed by atoms with Crippen LogP contribution < -0.4 is 5.73 Å². The molecule has 0 heterocycles. The second kappa shape index (κ2) is 12.6. The van der Waals surface area contributed by atoms with Crippen molar-refractivity contribution in [2.45, 2.75) is 64.2 Å². The van der Waals surface area contributed by atoms with Gasteiger partial charge >= 0.3 is 0 Å². The molecule has 0 amide bonds. The van der Waals surface area contributed by atoms with Crippen molar-refractivity contribution in [3.63, 3.8) is 0 Å². The zero-order valence-corrected chi connectivity index (χ0v) is 14.6. The molecule has 1 aliphatic carbocycles. The quantitative estimate of drug-likeness (QED) is 0.684. The maximum atomic E-state index is 11.7. The third-order valence-electron chi connectivity index (χ3n) is 3.10. The normalized spacial score (nSPS) is 18.1. The van der Waals surface area contributed by atoms with Gasteiger partial charge in [0.1, 0.15) is 17.3 Å². The van der Waals surface area contributed by atoms with E-state index in [9.17, 15) is 14.4 Å². The molecular formula is C16H31NO4S. The van der Waals surface area contributed by atoms with Crippen molar-refractivity contribution in [1.29, 1.82) is 0 Å². The average molecular weight is 333 g/mol. The number of Topliss-reactive ketones (excluding diaryl/α,β-unsaturated/α-hetero) is 3. The van der Waals surface area contributed by atoms with E-state index in [2.05, 4.69) is 6.58 Å². The van der Waals surface area contributed by atoms with Crippen LogP contribution >= 0.6 is 11.8 Å². The van der Waals surface area contributed by atoms with Crippen LogP contribution in [0.2, 0.25) is 0 Å². The molecule has 5 nitrogen and oxygen atoms in total. The van der Waals surface area contributed by atoms with Gasteiger partial charge < -0.3 is 16.0 Å². The largest absolute Gasteiger partial charge is 0.412 e. The van der Waals surface area contributed by atoms with Crippen molar-refractivity contribution in [3.05, 3.63) is 12.2 Å². The van der Waals surface area contributed by atoms with E-state index in [-0.39, 0.29) is 29.5 Å². The Morgan fingerprint density at radius 3 is 2.45 bits per heavy atom. The van der Waals surface area contributed by atoms with E-state index in [0.29, 0.717) is 37.9 Å². The summed E-state index contributed by atoms with van der Waals surface area (Å²) in [6.07, 6.45) is 2.49. The average Bonchev–Trinajstić information content (AvgIpc) is 2.76. The number of carbonyl (C=O) groups excluding carboxylic acids is 3. The summed E-state index contributed by atoms with van der Waals surface area (Å²) in [4.78, 5) is 34.1. The molecule has 0 aromatic heterocycles. The number of rotatable bonds is 8. The van der Waals surface area contributed by atoms with E-state index < -0.39 is 6.04 Å². The molecule has 0 aliphatic heterocycles. The molecule has 1 unspecified atom stereocenters. The number of hydrogen-bond donors (Lipinski definition) is 1. The van der Waals surface area contributed by atoms with Crippen molar-refractivity contribution in [2.24, 2.45) is 5.73 Å². The number of carbonyl (C=O) groups is 3. The standard InChI is InChI=1S/C14H21NO3S.C2H6.H2O.H2/c1-9-6-13(18)14(7-9)19-8-11(15)12(17)5-3-4-10(2)16;1-2;;/h11,14H,1,3-8,15H2,2H3;1-2H3;1H2;1H/t11-,14?;;;/m0.../s1. The molecule has 22 heavy (non-hydrogen) atoms. The van der Waals surface area contributed by atoms with E-state index in [0.717, 1.165) is 5.57 Å². The maximum absolute atomic E-state index is 11.7. The number of ketones is 3. The lowest BCUT2D eigenvalue weighted by Crippen LogP contribution is -2.33. The minimum atomic E-state index is -0.543. The second-order valence-electron chi connectivity index (χ2n) is 5.05. The summed E-state index contributed by atoms with van der Waals surface area (Å²) in [6, 6.07) is -0.543. The molecule has 2 atom stereocenters. The Balaban J connectivity index is -0.000000960. The van der Waals surface area contributed by atoms with Gasteiger partial charge in [0.05, 0.1) is 11.3 Å². The number of thioether (sulfide) groups is 1. The number of nitrogens with two attached hydrogens (primary N) is 1. The van der Waals surface area contributed by atoms with E-state index >= 15 is 0 Å². The number of allylic oxidation sites excluding steroid dienone is 1. The van der Waals surface area contributed by atoms with E-state index in [1.165, 1.54) is 18.7 Å². The first kappa shape index (κ1) is 23.3. The Morgan fingerprint density at radius 1 is 1.41 bits per heavy atom. The lowest BCUT2D eigenvalue weighted by atomic mass is 10.1. The maximum Gasteiger partial charge on any atom is 0.150 e. The highest BCUT2D eigenvalue weighted by Crippen LogP contribution is 2.30.